The third-order valence-electron chi connectivity index (χ3n) is 19.8. The highest BCUT2D eigenvalue weighted by Crippen LogP contribution is 2.59. The van der Waals surface area contributed by atoms with Crippen molar-refractivity contribution in [2.24, 2.45) is 0 Å². The van der Waals surface area contributed by atoms with E-state index in [0.717, 1.165) is 109 Å². The zero-order valence-corrected chi connectivity index (χ0v) is 59.5. The molecule has 2 aliphatic rings. The summed E-state index contributed by atoms with van der Waals surface area (Å²) in [5, 5.41) is 4.68. The highest BCUT2D eigenvalue weighted by molar-refractivity contribution is 9.10. The maximum atomic E-state index is 16.2. The minimum Gasteiger partial charge on any atom is -0.311 e. The number of anilines is 3. The van der Waals surface area contributed by atoms with E-state index in [9.17, 15) is 0 Å². The van der Waals surface area contributed by atoms with Crippen LogP contribution in [0.5, 0.6) is 0 Å². The van der Waals surface area contributed by atoms with Gasteiger partial charge in [-0.2, -0.15) is 0 Å². The van der Waals surface area contributed by atoms with Crippen molar-refractivity contribution in [3.8, 4) is 45.6 Å². The Morgan fingerprint density at radius 1 is 0.240 bits per heavy atom. The molecule has 18 rings (SSSR count). The lowest BCUT2D eigenvalue weighted by Gasteiger charge is -2.43. The van der Waals surface area contributed by atoms with Gasteiger partial charge in [0.1, 0.15) is 10.8 Å². The number of nitrogens with zero attached hydrogens (tertiary/aromatic N) is 7. The van der Waals surface area contributed by atoms with Gasteiger partial charge < -0.3 is 14.0 Å². The smallest absolute Gasteiger partial charge is 0.171 e. The fourth-order valence-electron chi connectivity index (χ4n) is 15.1. The van der Waals surface area contributed by atoms with Crippen molar-refractivity contribution in [3.05, 3.63) is 438 Å². The molecule has 9 nitrogen and oxygen atoms in total. The number of aromatic nitrogens is 6. The molecule has 12 heteroatoms. The summed E-state index contributed by atoms with van der Waals surface area (Å²) in [6.07, 6.45) is 0. The van der Waals surface area contributed by atoms with Crippen LogP contribution in [0.2, 0.25) is 0 Å². The fraction of sp³-hybridized carbons (Fsp3) is 0.0217. The highest BCUT2D eigenvalue weighted by Gasteiger charge is 2.55. The summed E-state index contributed by atoms with van der Waals surface area (Å²) in [4.78, 5) is 33.9. The van der Waals surface area contributed by atoms with Crippen LogP contribution >= 0.6 is 30.2 Å². The first-order valence-electron chi connectivity index (χ1n) is 34.5. The summed E-state index contributed by atoms with van der Waals surface area (Å²) in [5.41, 5.74) is 9.97. The van der Waals surface area contributed by atoms with Crippen LogP contribution in [-0.2, 0) is 20.0 Å². The van der Waals surface area contributed by atoms with Gasteiger partial charge in [0.05, 0.1) is 0 Å². The lowest BCUT2D eigenvalue weighted by molar-refractivity contribution is 0.588. The molecule has 0 N–H and O–H groups in total. The largest absolute Gasteiger partial charge is 0.311 e. The first kappa shape index (κ1) is 65.2. The molecule has 0 saturated heterocycles. The van der Waals surface area contributed by atoms with Crippen molar-refractivity contribution in [3.63, 3.8) is 0 Å². The number of benzene rings is 14. The average Bonchev–Trinajstić information content (AvgIpc) is 0.688. The lowest BCUT2D eigenvalue weighted by atomic mass is 9.68. The van der Waals surface area contributed by atoms with Crippen LogP contribution in [0, 0.1) is 0 Å². The van der Waals surface area contributed by atoms with Gasteiger partial charge in [-0.25, -0.2) is 29.9 Å². The molecule has 496 valence electrons. The minimum atomic E-state index is -3.39. The first-order valence-corrected chi connectivity index (χ1v) is 38.7. The Labute approximate surface area is 613 Å². The van der Waals surface area contributed by atoms with E-state index in [1.807, 2.05) is 279 Å². The molecule has 4 heterocycles. The van der Waals surface area contributed by atoms with Gasteiger partial charge in [-0.05, 0) is 81.9 Å². The van der Waals surface area contributed by atoms with Crippen LogP contribution in [0.15, 0.2) is 393 Å². The van der Waals surface area contributed by atoms with E-state index in [-0.39, 0.29) is 0 Å². The zero-order chi connectivity index (χ0) is 70.1. The predicted molar refractivity (Wildman–Crippen MR) is 426 cm³/mol. The molecule has 0 spiro atoms. The molecule has 16 aromatic rings. The normalized spacial score (nSPS) is 17.5. The van der Waals surface area contributed by atoms with E-state index in [0.29, 0.717) is 34.9 Å². The number of fused-ring (bicyclic) bond motifs is 4. The van der Waals surface area contributed by atoms with Crippen LogP contribution in [0.3, 0.4) is 0 Å². The Kier molecular flexibility index (Phi) is 17.3. The lowest BCUT2D eigenvalue weighted by Crippen LogP contribution is -2.47. The van der Waals surface area contributed by atoms with Crippen molar-refractivity contribution >= 4 is 79.1 Å². The summed E-state index contributed by atoms with van der Waals surface area (Å²) in [7, 11) is -6.69. The van der Waals surface area contributed by atoms with Crippen molar-refractivity contribution < 1.29 is 9.13 Å². The Hall–Kier alpha value is -12.2. The fourth-order valence-corrected chi connectivity index (χ4v) is 21.7. The van der Waals surface area contributed by atoms with Gasteiger partial charge in [0.25, 0.3) is 0 Å². The molecule has 0 aliphatic carbocycles. The molecule has 0 saturated carbocycles. The van der Waals surface area contributed by atoms with Crippen molar-refractivity contribution in [2.75, 3.05) is 4.90 Å². The summed E-state index contributed by atoms with van der Waals surface area (Å²) in [6.45, 7) is 0. The molecule has 2 aromatic heterocycles. The van der Waals surface area contributed by atoms with Crippen LogP contribution in [0.1, 0.15) is 45.0 Å². The van der Waals surface area contributed by atoms with E-state index < -0.39 is 25.1 Å². The Morgan fingerprint density at radius 2 is 0.471 bits per heavy atom. The molecule has 0 unspecified atom stereocenters. The average molecular weight is 1440 g/mol. The van der Waals surface area contributed by atoms with Crippen LogP contribution < -0.4 is 36.7 Å². The van der Waals surface area contributed by atoms with Crippen molar-refractivity contribution in [2.45, 2.75) is 10.8 Å². The van der Waals surface area contributed by atoms with Crippen LogP contribution in [0.25, 0.3) is 45.6 Å². The summed E-state index contributed by atoms with van der Waals surface area (Å²) < 4.78 is 33.0. The number of hydrogen-bond acceptors (Lipinski definition) is 9. The van der Waals surface area contributed by atoms with Gasteiger partial charge in [-0.15, -0.1) is 0 Å². The van der Waals surface area contributed by atoms with Gasteiger partial charge in [0.2, 0.25) is 0 Å². The second-order valence-electron chi connectivity index (χ2n) is 25.6. The number of hydrogen-bond donors (Lipinski definition) is 0. The summed E-state index contributed by atoms with van der Waals surface area (Å²) in [6, 6.07) is 130. The minimum absolute atomic E-state index is 0.551. The summed E-state index contributed by atoms with van der Waals surface area (Å²) in [5.74, 6) is 3.40. The topological polar surface area (TPSA) is 115 Å². The summed E-state index contributed by atoms with van der Waals surface area (Å²) >= 11 is 3.65. The van der Waals surface area contributed by atoms with Gasteiger partial charge in [0, 0.05) is 75.6 Å². The zero-order valence-electron chi connectivity index (χ0n) is 56.2. The van der Waals surface area contributed by atoms with Crippen molar-refractivity contribution in [1.82, 2.24) is 29.9 Å². The maximum absolute atomic E-state index is 16.2. The molecule has 0 amide bonds. The Morgan fingerprint density at radius 3 is 0.760 bits per heavy atom. The van der Waals surface area contributed by atoms with E-state index in [1.54, 1.807) is 0 Å². The van der Waals surface area contributed by atoms with Crippen molar-refractivity contribution in [1.29, 1.82) is 0 Å². The van der Waals surface area contributed by atoms with E-state index >= 15 is 9.13 Å². The number of rotatable bonds is 13. The molecule has 0 atom stereocenters. The SMILES string of the molecule is O=P1(c2ccccc2)c2ccccc2C(c2ccc(Br)cc2)(c2nc(-c3ccccc3)nc(-c3ccccc3)n2)c2ccccc21.O=P1(c2ccccc2)c2ccccc2C(c2ccc(N(c3ccccc3)c3ccccc3)cc2)(c2nc(-c3ccccc3)nc(-c3ccccc3)n2)c2ccccc21. The molecular weight excluding hydrogens is 1380 g/mol. The second-order valence-corrected chi connectivity index (χ2v) is 31.9. The first-order chi connectivity index (χ1) is 51.2. The van der Waals surface area contributed by atoms with E-state index in [1.165, 1.54) is 0 Å². The standard InChI is InChI=1S/C52H37N4OP.C40H27BrN3OP/c57-58(44-28-14-5-15-29-44)47-32-18-16-30-45(47)52(46-31-17-19-33-48(46)58,51-54-49(38-20-6-1-7-21-38)53-50(55-51)39-22-8-2-9-23-39)40-34-36-43(37-35-40)56(41-24-10-3-11-25-41)42-26-12-4-13-27-42;41-31-26-24-30(25-27-31)40(39-43-37(28-14-4-1-5-15-28)42-38(44-39)29-16-6-2-7-17-29)33-20-10-12-22-35(33)46(45,32-18-8-3-9-19-32)36-23-13-11-21-34(36)40/h1-37H;1-27H. The van der Waals surface area contributed by atoms with Crippen LogP contribution in [0.4, 0.5) is 17.1 Å². The molecule has 2 aliphatic heterocycles. The third kappa shape index (κ3) is 11.2. The Balaban J connectivity index is 0.000000158. The maximum Gasteiger partial charge on any atom is 0.171 e. The van der Waals surface area contributed by atoms with Gasteiger partial charge in [0.15, 0.2) is 49.2 Å². The second kappa shape index (κ2) is 27.6. The molecule has 104 heavy (non-hydrogen) atoms. The van der Waals surface area contributed by atoms with E-state index in [2.05, 4.69) is 130 Å². The molecular formula is C92H64BrN7O2P2. The number of halogens is 1. The molecule has 0 fully saturated rings. The molecule has 0 bridgehead atoms. The molecule has 0 radical (unpaired) electrons. The number of para-hydroxylation sites is 2. The Bertz CT molecular complexity index is 5620. The van der Waals surface area contributed by atoms with Gasteiger partial charge in [-0.3, -0.25) is 0 Å². The van der Waals surface area contributed by atoms with Gasteiger partial charge >= 0.3 is 0 Å². The van der Waals surface area contributed by atoms with Crippen LogP contribution in [-0.4, -0.2) is 29.9 Å². The predicted octanol–water partition coefficient (Wildman–Crippen LogP) is 19.3. The molecule has 14 aromatic carbocycles. The third-order valence-corrected chi connectivity index (χ3v) is 26.6. The highest BCUT2D eigenvalue weighted by atomic mass is 79.9. The van der Waals surface area contributed by atoms with Gasteiger partial charge in [-0.1, -0.05) is 356 Å². The monoisotopic (exact) mass is 1440 g/mol. The van der Waals surface area contributed by atoms with E-state index in [4.69, 9.17) is 29.9 Å². The quantitative estimate of drug-likeness (QED) is 0.104.